The number of hydrogen-bond acceptors (Lipinski definition) is 6. The predicted molar refractivity (Wildman–Crippen MR) is 81.3 cm³/mol. The highest BCUT2D eigenvalue weighted by atomic mass is 16.6. The van der Waals surface area contributed by atoms with Crippen molar-refractivity contribution in [3.63, 3.8) is 0 Å². The van der Waals surface area contributed by atoms with Gasteiger partial charge in [0.25, 0.3) is 0 Å². The van der Waals surface area contributed by atoms with Gasteiger partial charge in [0.1, 0.15) is 6.61 Å². The SMILES string of the molecule is CO[C@@H](C)[C@@](O)(C(=O)OCC1=CCN2CC[C@@H](O)[C@H]12)C(C)C. The zero-order chi connectivity index (χ0) is 16.5. The molecule has 1 saturated heterocycles. The number of carbonyl (C=O) groups is 1. The summed E-state index contributed by atoms with van der Waals surface area (Å²) in [7, 11) is 1.46. The van der Waals surface area contributed by atoms with E-state index in [1.54, 1.807) is 20.8 Å². The Hall–Kier alpha value is -0.950. The molecule has 6 nitrogen and oxygen atoms in total. The number of carbonyl (C=O) groups excluding carboxylic acids is 1. The summed E-state index contributed by atoms with van der Waals surface area (Å²) in [5.74, 6) is -1.01. The molecule has 2 rings (SSSR count). The average molecular weight is 313 g/mol. The normalized spacial score (nSPS) is 29.1. The van der Waals surface area contributed by atoms with E-state index >= 15 is 0 Å². The van der Waals surface area contributed by atoms with Gasteiger partial charge in [0.15, 0.2) is 5.60 Å². The smallest absolute Gasteiger partial charge is 0.341 e. The number of fused-ring (bicyclic) bond motifs is 1. The van der Waals surface area contributed by atoms with Crippen LogP contribution in [0.5, 0.6) is 0 Å². The van der Waals surface area contributed by atoms with Crippen molar-refractivity contribution in [2.24, 2.45) is 5.92 Å². The van der Waals surface area contributed by atoms with Gasteiger partial charge in [0.2, 0.25) is 0 Å². The first-order valence-electron chi connectivity index (χ1n) is 7.85. The van der Waals surface area contributed by atoms with Crippen LogP contribution in [-0.2, 0) is 14.3 Å². The molecule has 0 aromatic heterocycles. The summed E-state index contributed by atoms with van der Waals surface area (Å²) in [6.07, 6.45) is 1.67. The fraction of sp³-hybridized carbons (Fsp3) is 0.812. The van der Waals surface area contributed by atoms with Crippen molar-refractivity contribution in [2.75, 3.05) is 26.8 Å². The third kappa shape index (κ3) is 2.93. The van der Waals surface area contributed by atoms with Crippen LogP contribution in [0.25, 0.3) is 0 Å². The van der Waals surface area contributed by atoms with E-state index in [0.717, 1.165) is 25.1 Å². The van der Waals surface area contributed by atoms with Crippen LogP contribution >= 0.6 is 0 Å². The second-order valence-corrected chi connectivity index (χ2v) is 6.51. The van der Waals surface area contributed by atoms with Crippen LogP contribution in [0.3, 0.4) is 0 Å². The van der Waals surface area contributed by atoms with Gasteiger partial charge in [-0.25, -0.2) is 4.79 Å². The minimum atomic E-state index is -1.68. The van der Waals surface area contributed by atoms with Crippen molar-refractivity contribution < 1.29 is 24.5 Å². The fourth-order valence-electron chi connectivity index (χ4n) is 3.34. The number of rotatable bonds is 6. The van der Waals surface area contributed by atoms with Crippen LogP contribution in [0.2, 0.25) is 0 Å². The lowest BCUT2D eigenvalue weighted by atomic mass is 9.85. The first kappa shape index (κ1) is 17.4. The molecular formula is C16H27NO5. The van der Waals surface area contributed by atoms with E-state index in [1.165, 1.54) is 7.11 Å². The Bertz CT molecular complexity index is 450. The van der Waals surface area contributed by atoms with Gasteiger partial charge in [-0.3, -0.25) is 4.90 Å². The second kappa shape index (κ2) is 6.66. The molecule has 0 saturated carbocycles. The van der Waals surface area contributed by atoms with Gasteiger partial charge in [-0.05, 0) is 24.8 Å². The van der Waals surface area contributed by atoms with Crippen molar-refractivity contribution in [3.05, 3.63) is 11.6 Å². The Kier molecular flexibility index (Phi) is 5.27. The third-order valence-corrected chi connectivity index (χ3v) is 4.99. The van der Waals surface area contributed by atoms with E-state index in [9.17, 15) is 15.0 Å². The molecule has 22 heavy (non-hydrogen) atoms. The molecular weight excluding hydrogens is 286 g/mol. The molecule has 1 fully saturated rings. The van der Waals surface area contributed by atoms with E-state index in [1.807, 2.05) is 6.08 Å². The second-order valence-electron chi connectivity index (χ2n) is 6.51. The lowest BCUT2D eigenvalue weighted by Gasteiger charge is -2.34. The van der Waals surface area contributed by atoms with Crippen LogP contribution in [0.15, 0.2) is 11.6 Å². The molecule has 2 heterocycles. The predicted octanol–water partition coefficient (Wildman–Crippen LogP) is 0.327. The van der Waals surface area contributed by atoms with Crippen LogP contribution < -0.4 is 0 Å². The van der Waals surface area contributed by atoms with Gasteiger partial charge in [0, 0.05) is 20.2 Å². The number of aliphatic hydroxyl groups is 2. The maximum atomic E-state index is 12.4. The molecule has 0 spiro atoms. The molecule has 2 N–H and O–H groups in total. The molecule has 0 aromatic carbocycles. The Labute approximate surface area is 131 Å². The van der Waals surface area contributed by atoms with Gasteiger partial charge in [-0.1, -0.05) is 19.9 Å². The van der Waals surface area contributed by atoms with E-state index in [0.29, 0.717) is 0 Å². The van der Waals surface area contributed by atoms with Crippen molar-refractivity contribution in [3.8, 4) is 0 Å². The molecule has 6 heteroatoms. The lowest BCUT2D eigenvalue weighted by molar-refractivity contribution is -0.186. The van der Waals surface area contributed by atoms with E-state index < -0.39 is 23.8 Å². The number of hydrogen-bond donors (Lipinski definition) is 2. The van der Waals surface area contributed by atoms with E-state index in [-0.39, 0.29) is 18.6 Å². The summed E-state index contributed by atoms with van der Waals surface area (Å²) >= 11 is 0. The zero-order valence-electron chi connectivity index (χ0n) is 13.8. The summed E-state index contributed by atoms with van der Waals surface area (Å²) in [5.41, 5.74) is -0.767. The molecule has 2 aliphatic rings. The van der Waals surface area contributed by atoms with Crippen LogP contribution in [0.4, 0.5) is 0 Å². The van der Waals surface area contributed by atoms with Crippen molar-refractivity contribution in [1.82, 2.24) is 4.90 Å². The largest absolute Gasteiger partial charge is 0.459 e. The van der Waals surface area contributed by atoms with E-state index in [4.69, 9.17) is 9.47 Å². The minimum Gasteiger partial charge on any atom is -0.459 e. The number of ether oxygens (including phenoxy) is 2. The Morgan fingerprint density at radius 1 is 1.50 bits per heavy atom. The van der Waals surface area contributed by atoms with Crippen molar-refractivity contribution >= 4 is 5.97 Å². The van der Waals surface area contributed by atoms with Crippen LogP contribution in [-0.4, -0.2) is 71.7 Å². The van der Waals surface area contributed by atoms with Crippen LogP contribution in [0.1, 0.15) is 27.2 Å². The molecule has 2 aliphatic heterocycles. The molecule has 0 bridgehead atoms. The maximum absolute atomic E-state index is 12.4. The molecule has 0 amide bonds. The molecule has 4 atom stereocenters. The fourth-order valence-corrected chi connectivity index (χ4v) is 3.34. The maximum Gasteiger partial charge on any atom is 0.341 e. The monoisotopic (exact) mass is 313 g/mol. The summed E-state index contributed by atoms with van der Waals surface area (Å²) in [6, 6.07) is -0.0557. The highest BCUT2D eigenvalue weighted by Crippen LogP contribution is 2.30. The van der Waals surface area contributed by atoms with Gasteiger partial charge in [0.05, 0.1) is 18.2 Å². The van der Waals surface area contributed by atoms with Gasteiger partial charge in [-0.2, -0.15) is 0 Å². The summed E-state index contributed by atoms with van der Waals surface area (Å²) < 4.78 is 10.5. The molecule has 0 aliphatic carbocycles. The summed E-state index contributed by atoms with van der Waals surface area (Å²) in [5, 5.41) is 20.7. The first-order chi connectivity index (χ1) is 10.3. The summed E-state index contributed by atoms with van der Waals surface area (Å²) in [6.45, 7) is 6.90. The Morgan fingerprint density at radius 3 is 2.77 bits per heavy atom. The number of esters is 1. The van der Waals surface area contributed by atoms with Crippen molar-refractivity contribution in [1.29, 1.82) is 0 Å². The van der Waals surface area contributed by atoms with Crippen molar-refractivity contribution in [2.45, 2.75) is 51.0 Å². The molecule has 0 radical (unpaired) electrons. The van der Waals surface area contributed by atoms with Gasteiger partial charge in [-0.15, -0.1) is 0 Å². The molecule has 0 unspecified atom stereocenters. The van der Waals surface area contributed by atoms with E-state index in [2.05, 4.69) is 4.90 Å². The topological polar surface area (TPSA) is 79.2 Å². The molecule has 126 valence electrons. The average Bonchev–Trinajstić information content (AvgIpc) is 3.06. The quantitative estimate of drug-likeness (QED) is 0.543. The first-order valence-corrected chi connectivity index (χ1v) is 7.85. The third-order valence-electron chi connectivity index (χ3n) is 4.99. The molecule has 0 aromatic rings. The lowest BCUT2D eigenvalue weighted by Crippen LogP contribution is -2.54. The van der Waals surface area contributed by atoms with Crippen LogP contribution in [0, 0.1) is 5.92 Å². The van der Waals surface area contributed by atoms with Gasteiger partial charge >= 0.3 is 5.97 Å². The Balaban J connectivity index is 2.00. The number of methoxy groups -OCH3 is 1. The minimum absolute atomic E-state index is 0.0557. The Morgan fingerprint density at radius 2 is 2.18 bits per heavy atom. The number of aliphatic hydroxyl groups excluding tert-OH is 1. The number of nitrogens with zero attached hydrogens (tertiary/aromatic N) is 1. The summed E-state index contributed by atoms with van der Waals surface area (Å²) in [4.78, 5) is 14.5. The highest BCUT2D eigenvalue weighted by molar-refractivity contribution is 5.80. The van der Waals surface area contributed by atoms with Gasteiger partial charge < -0.3 is 19.7 Å². The standard InChI is InChI=1S/C16H27NO5/c1-10(2)16(20,11(3)21-4)15(19)22-9-12-5-7-17-8-6-13(18)14(12)17/h5,10-11,13-14,18,20H,6-9H2,1-4H3/t11-,13+,14-,16+/m0/s1. The highest BCUT2D eigenvalue weighted by Gasteiger charge is 2.47. The zero-order valence-corrected chi connectivity index (χ0v) is 13.8.